The van der Waals surface area contributed by atoms with Crippen LogP contribution in [-0.4, -0.2) is 35.2 Å². The van der Waals surface area contributed by atoms with Gasteiger partial charge in [0.15, 0.2) is 0 Å². The number of carbonyl (C=O) groups excluding carboxylic acids is 2. The number of benzene rings is 2. The summed E-state index contributed by atoms with van der Waals surface area (Å²) in [6.45, 7) is 4.16. The third kappa shape index (κ3) is 6.38. The average Bonchev–Trinajstić information content (AvgIpc) is 3.42. The molecule has 1 aromatic heterocycles. The Morgan fingerprint density at radius 3 is 2.31 bits per heavy atom. The molecule has 0 radical (unpaired) electrons. The second kappa shape index (κ2) is 12.6. The van der Waals surface area contributed by atoms with Crippen LogP contribution in [0.3, 0.4) is 0 Å². The highest BCUT2D eigenvalue weighted by atomic mass is 35.5. The van der Waals surface area contributed by atoms with E-state index in [-0.39, 0.29) is 32.8 Å². The lowest BCUT2D eigenvalue weighted by Crippen LogP contribution is -2.32. The quantitative estimate of drug-likeness (QED) is 0.238. The highest BCUT2D eigenvalue weighted by molar-refractivity contribution is 6.44. The fourth-order valence-corrected chi connectivity index (χ4v) is 5.21. The van der Waals surface area contributed by atoms with Crippen molar-refractivity contribution in [3.63, 3.8) is 0 Å². The van der Waals surface area contributed by atoms with Gasteiger partial charge in [0.1, 0.15) is 6.61 Å². The van der Waals surface area contributed by atoms with Gasteiger partial charge in [-0.25, -0.2) is 14.6 Å². The zero-order valence-corrected chi connectivity index (χ0v) is 23.8. The van der Waals surface area contributed by atoms with E-state index in [0.717, 1.165) is 17.7 Å². The monoisotopic (exact) mass is 585 g/mol. The molecular weight excluding hydrogens is 561 g/mol. The van der Waals surface area contributed by atoms with Gasteiger partial charge < -0.3 is 19.4 Å². The minimum Gasteiger partial charge on any atom is -0.466 e. The van der Waals surface area contributed by atoms with E-state index in [0.29, 0.717) is 17.0 Å². The molecular formula is C29H26Cl3N3O4. The molecule has 0 spiro atoms. The van der Waals surface area contributed by atoms with Gasteiger partial charge in [0, 0.05) is 40.9 Å². The van der Waals surface area contributed by atoms with E-state index in [9.17, 15) is 9.59 Å². The molecule has 3 aromatic rings. The second-order valence-electron chi connectivity index (χ2n) is 8.86. The Kier molecular flexibility index (Phi) is 9.17. The third-order valence-electron chi connectivity index (χ3n) is 6.28. The van der Waals surface area contributed by atoms with Crippen molar-refractivity contribution in [2.75, 3.05) is 13.7 Å². The van der Waals surface area contributed by atoms with Crippen LogP contribution in [0.1, 0.15) is 36.5 Å². The molecule has 1 aliphatic rings. The normalized spacial score (nSPS) is 15.5. The molecule has 0 saturated heterocycles. The lowest BCUT2D eigenvalue weighted by atomic mass is 9.80. The maximum absolute atomic E-state index is 13.4. The minimum absolute atomic E-state index is 0.00633. The number of methoxy groups -OCH3 is 1. The summed E-state index contributed by atoms with van der Waals surface area (Å²) in [6, 6.07) is 11.1. The van der Waals surface area contributed by atoms with Crippen molar-refractivity contribution in [1.82, 2.24) is 14.9 Å². The molecule has 0 bridgehead atoms. The van der Waals surface area contributed by atoms with E-state index < -0.39 is 17.9 Å². The van der Waals surface area contributed by atoms with E-state index in [1.807, 2.05) is 41.1 Å². The molecule has 0 fully saturated rings. The molecule has 0 saturated carbocycles. The number of rotatable bonds is 8. The lowest BCUT2D eigenvalue weighted by Gasteiger charge is -2.31. The Hall–Kier alpha value is -3.52. The van der Waals surface area contributed by atoms with Gasteiger partial charge >= 0.3 is 11.9 Å². The van der Waals surface area contributed by atoms with E-state index in [2.05, 4.69) is 10.3 Å². The van der Waals surface area contributed by atoms with Gasteiger partial charge in [-0.05, 0) is 43.2 Å². The summed E-state index contributed by atoms with van der Waals surface area (Å²) in [5.41, 5.74) is 3.79. The largest absolute Gasteiger partial charge is 0.466 e. The Balaban J connectivity index is 1.54. The van der Waals surface area contributed by atoms with Crippen LogP contribution in [0.4, 0.5) is 0 Å². The number of halogens is 3. The van der Waals surface area contributed by atoms with Crippen molar-refractivity contribution in [1.29, 1.82) is 0 Å². The van der Waals surface area contributed by atoms with Crippen molar-refractivity contribution >= 4 is 52.8 Å². The summed E-state index contributed by atoms with van der Waals surface area (Å²) >= 11 is 19.4. The summed E-state index contributed by atoms with van der Waals surface area (Å²) in [5, 5.41) is 3.71. The van der Waals surface area contributed by atoms with E-state index in [4.69, 9.17) is 44.3 Å². The predicted molar refractivity (Wildman–Crippen MR) is 153 cm³/mol. The van der Waals surface area contributed by atoms with Gasteiger partial charge in [-0.1, -0.05) is 65.1 Å². The predicted octanol–water partition coefficient (Wildman–Crippen LogP) is 6.56. The highest BCUT2D eigenvalue weighted by Crippen LogP contribution is 2.46. The summed E-state index contributed by atoms with van der Waals surface area (Å²) in [6.07, 6.45) is 9.02. The number of carbonyl (C=O) groups is 2. The van der Waals surface area contributed by atoms with Gasteiger partial charge in [-0.15, -0.1) is 0 Å². The van der Waals surface area contributed by atoms with Crippen LogP contribution in [-0.2, 0) is 25.6 Å². The standard InChI is InChI=1S/C29H26Cl3N3O4/c1-17-23(28(36)38-3)26(25-21(30)10-11-22(31)27(25)32)24(18(2)34-17)29(37)39-14-4-5-19-6-8-20(9-7-19)15-35-13-12-33-16-35/h4-13,16,26,34H,14-15H2,1-3H3/b5-4+. The Bertz CT molecular complexity index is 1480. The molecule has 1 unspecified atom stereocenters. The van der Waals surface area contributed by atoms with Crippen molar-refractivity contribution in [3.05, 3.63) is 115 Å². The smallest absolute Gasteiger partial charge is 0.337 e. The number of aromatic nitrogens is 2. The average molecular weight is 587 g/mol. The highest BCUT2D eigenvalue weighted by Gasteiger charge is 2.40. The number of nitrogens with zero attached hydrogens (tertiary/aromatic N) is 2. The fourth-order valence-electron chi connectivity index (χ4n) is 4.45. The fraction of sp³-hybridized carbons (Fsp3) is 0.207. The maximum Gasteiger partial charge on any atom is 0.337 e. The first-order valence-corrected chi connectivity index (χ1v) is 13.1. The zero-order valence-electron chi connectivity index (χ0n) is 21.5. The molecule has 1 aliphatic heterocycles. The SMILES string of the molecule is COC(=O)C1=C(C)NC(C)=C(C(=O)OC/C=C/c2ccc(Cn3ccnc3)cc2)C1c1c(Cl)ccc(Cl)c1Cl. The van der Waals surface area contributed by atoms with Crippen molar-refractivity contribution in [2.45, 2.75) is 26.3 Å². The molecule has 10 heteroatoms. The molecule has 39 heavy (non-hydrogen) atoms. The van der Waals surface area contributed by atoms with Gasteiger partial charge in [0.05, 0.1) is 40.5 Å². The molecule has 4 rings (SSSR count). The molecule has 2 heterocycles. The van der Waals surface area contributed by atoms with E-state index in [1.54, 1.807) is 44.6 Å². The number of dihydropyridines is 1. The Labute approximate surface area is 241 Å². The summed E-state index contributed by atoms with van der Waals surface area (Å²) < 4.78 is 12.6. The van der Waals surface area contributed by atoms with Crippen LogP contribution >= 0.6 is 34.8 Å². The first-order chi connectivity index (χ1) is 18.7. The second-order valence-corrected chi connectivity index (χ2v) is 10.1. The molecule has 1 N–H and O–H groups in total. The molecule has 1 atom stereocenters. The van der Waals surface area contributed by atoms with E-state index >= 15 is 0 Å². The van der Waals surface area contributed by atoms with Crippen LogP contribution in [0.15, 0.2) is 83.7 Å². The zero-order chi connectivity index (χ0) is 28.1. The Morgan fingerprint density at radius 1 is 1.00 bits per heavy atom. The molecule has 0 aliphatic carbocycles. The van der Waals surface area contributed by atoms with E-state index in [1.165, 1.54) is 7.11 Å². The molecule has 0 amide bonds. The van der Waals surface area contributed by atoms with Crippen molar-refractivity contribution in [3.8, 4) is 0 Å². The molecule has 202 valence electrons. The van der Waals surface area contributed by atoms with Gasteiger partial charge in [0.25, 0.3) is 0 Å². The third-order valence-corrected chi connectivity index (χ3v) is 7.43. The topological polar surface area (TPSA) is 82.5 Å². The lowest BCUT2D eigenvalue weighted by molar-refractivity contribution is -0.138. The number of esters is 2. The number of allylic oxidation sites excluding steroid dienone is 2. The van der Waals surface area contributed by atoms with Gasteiger partial charge in [-0.3, -0.25) is 0 Å². The number of ether oxygens (including phenoxy) is 2. The first-order valence-electron chi connectivity index (χ1n) is 12.0. The molecule has 2 aromatic carbocycles. The van der Waals surface area contributed by atoms with Crippen LogP contribution < -0.4 is 5.32 Å². The number of hydrogen-bond acceptors (Lipinski definition) is 6. The van der Waals surface area contributed by atoms with Crippen LogP contribution in [0.5, 0.6) is 0 Å². The van der Waals surface area contributed by atoms with Crippen LogP contribution in [0.25, 0.3) is 6.08 Å². The van der Waals surface area contributed by atoms with Crippen LogP contribution in [0, 0.1) is 0 Å². The first kappa shape index (κ1) is 28.5. The number of hydrogen-bond donors (Lipinski definition) is 1. The summed E-state index contributed by atoms with van der Waals surface area (Å²) in [7, 11) is 1.26. The summed E-state index contributed by atoms with van der Waals surface area (Å²) in [5.74, 6) is -2.21. The van der Waals surface area contributed by atoms with Crippen molar-refractivity contribution < 1.29 is 19.1 Å². The molecule has 7 nitrogen and oxygen atoms in total. The van der Waals surface area contributed by atoms with Gasteiger partial charge in [0.2, 0.25) is 0 Å². The summed E-state index contributed by atoms with van der Waals surface area (Å²) in [4.78, 5) is 30.3. The maximum atomic E-state index is 13.4. The number of imidazole rings is 1. The number of nitrogens with one attached hydrogen (secondary N) is 1. The van der Waals surface area contributed by atoms with Gasteiger partial charge in [-0.2, -0.15) is 0 Å². The Morgan fingerprint density at radius 2 is 1.67 bits per heavy atom. The minimum atomic E-state index is -0.947. The van der Waals surface area contributed by atoms with Crippen molar-refractivity contribution in [2.24, 2.45) is 0 Å². The van der Waals surface area contributed by atoms with Crippen LogP contribution in [0.2, 0.25) is 15.1 Å².